The van der Waals surface area contributed by atoms with Crippen molar-refractivity contribution in [2.24, 2.45) is 0 Å². The summed E-state index contributed by atoms with van der Waals surface area (Å²) in [6.45, 7) is 4.10. The SMILES string of the molecule is C[C@@H](C(=O)N1CCC(c2nccn2Cc2cscn2)CC1)n1cncn1. The summed E-state index contributed by atoms with van der Waals surface area (Å²) >= 11 is 1.61. The number of hydrogen-bond acceptors (Lipinski definition) is 6. The Labute approximate surface area is 155 Å². The zero-order valence-electron chi connectivity index (χ0n) is 14.6. The highest BCUT2D eigenvalue weighted by atomic mass is 32.1. The number of rotatable bonds is 5. The number of nitrogens with zero attached hydrogens (tertiary/aromatic N) is 7. The fraction of sp³-hybridized carbons (Fsp3) is 0.471. The second-order valence-electron chi connectivity index (χ2n) is 6.54. The number of carbonyl (C=O) groups excluding carboxylic acids is 1. The van der Waals surface area contributed by atoms with Crippen LogP contribution in [-0.2, 0) is 11.3 Å². The number of amides is 1. The quantitative estimate of drug-likeness (QED) is 0.685. The van der Waals surface area contributed by atoms with Crippen LogP contribution in [0.3, 0.4) is 0 Å². The lowest BCUT2D eigenvalue weighted by atomic mass is 9.95. The average molecular weight is 371 g/mol. The van der Waals surface area contributed by atoms with Crippen molar-refractivity contribution in [1.29, 1.82) is 0 Å². The third kappa shape index (κ3) is 3.39. The normalized spacial score (nSPS) is 16.7. The Morgan fingerprint density at radius 3 is 2.88 bits per heavy atom. The molecule has 0 N–H and O–H groups in total. The summed E-state index contributed by atoms with van der Waals surface area (Å²) in [5, 5.41) is 6.14. The van der Waals surface area contributed by atoms with Gasteiger partial charge in [-0.15, -0.1) is 11.3 Å². The van der Waals surface area contributed by atoms with E-state index in [2.05, 4.69) is 30.0 Å². The molecule has 0 bridgehead atoms. The molecule has 0 saturated carbocycles. The van der Waals surface area contributed by atoms with Gasteiger partial charge >= 0.3 is 0 Å². The summed E-state index contributed by atoms with van der Waals surface area (Å²) < 4.78 is 3.78. The van der Waals surface area contributed by atoms with Crippen LogP contribution in [0.2, 0.25) is 0 Å². The molecule has 4 heterocycles. The first kappa shape index (κ1) is 16.9. The van der Waals surface area contributed by atoms with Crippen LogP contribution in [0.5, 0.6) is 0 Å². The van der Waals surface area contributed by atoms with Gasteiger partial charge in [-0.1, -0.05) is 0 Å². The Kier molecular flexibility index (Phi) is 4.79. The van der Waals surface area contributed by atoms with Crippen molar-refractivity contribution in [2.75, 3.05) is 13.1 Å². The first-order valence-electron chi connectivity index (χ1n) is 8.73. The minimum Gasteiger partial charge on any atom is -0.341 e. The van der Waals surface area contributed by atoms with E-state index in [0.29, 0.717) is 5.92 Å². The van der Waals surface area contributed by atoms with Gasteiger partial charge in [0, 0.05) is 36.8 Å². The van der Waals surface area contributed by atoms with E-state index in [1.54, 1.807) is 22.3 Å². The molecule has 136 valence electrons. The van der Waals surface area contributed by atoms with Gasteiger partial charge in [0.05, 0.1) is 17.7 Å². The van der Waals surface area contributed by atoms with E-state index < -0.39 is 0 Å². The van der Waals surface area contributed by atoms with Crippen LogP contribution < -0.4 is 0 Å². The first-order valence-corrected chi connectivity index (χ1v) is 9.67. The Morgan fingerprint density at radius 1 is 1.35 bits per heavy atom. The van der Waals surface area contributed by atoms with E-state index in [0.717, 1.165) is 44.0 Å². The highest BCUT2D eigenvalue weighted by Gasteiger charge is 2.29. The summed E-state index contributed by atoms with van der Waals surface area (Å²) in [6.07, 6.45) is 8.75. The topological polar surface area (TPSA) is 81.7 Å². The Hall–Kier alpha value is -2.55. The van der Waals surface area contributed by atoms with E-state index in [-0.39, 0.29) is 11.9 Å². The molecule has 8 nitrogen and oxygen atoms in total. The third-order valence-electron chi connectivity index (χ3n) is 4.93. The highest BCUT2D eigenvalue weighted by molar-refractivity contribution is 7.07. The predicted molar refractivity (Wildman–Crippen MR) is 96.7 cm³/mol. The number of thiazole rings is 1. The van der Waals surface area contributed by atoms with Crippen LogP contribution in [-0.4, -0.2) is 53.2 Å². The number of hydrogen-bond donors (Lipinski definition) is 0. The van der Waals surface area contributed by atoms with Crippen LogP contribution in [0.1, 0.15) is 43.2 Å². The molecule has 26 heavy (non-hydrogen) atoms. The molecule has 1 fully saturated rings. The lowest BCUT2D eigenvalue weighted by Crippen LogP contribution is -2.41. The van der Waals surface area contributed by atoms with E-state index >= 15 is 0 Å². The second kappa shape index (κ2) is 7.36. The fourth-order valence-electron chi connectivity index (χ4n) is 3.46. The molecule has 9 heteroatoms. The van der Waals surface area contributed by atoms with Gasteiger partial charge in [-0.25, -0.2) is 19.6 Å². The van der Waals surface area contributed by atoms with Crippen LogP contribution in [0.25, 0.3) is 0 Å². The van der Waals surface area contributed by atoms with Crippen LogP contribution >= 0.6 is 11.3 Å². The van der Waals surface area contributed by atoms with Crippen LogP contribution in [0.4, 0.5) is 0 Å². The molecule has 0 aromatic carbocycles. The molecular formula is C17H21N7OS. The van der Waals surface area contributed by atoms with E-state index in [1.807, 2.05) is 29.7 Å². The van der Waals surface area contributed by atoms with E-state index in [4.69, 9.17) is 0 Å². The molecule has 1 aliphatic heterocycles. The van der Waals surface area contributed by atoms with Crippen molar-refractivity contribution in [3.8, 4) is 0 Å². The molecule has 1 saturated heterocycles. The van der Waals surface area contributed by atoms with Crippen molar-refractivity contribution < 1.29 is 4.79 Å². The van der Waals surface area contributed by atoms with Crippen molar-refractivity contribution >= 4 is 17.2 Å². The molecule has 3 aromatic heterocycles. The standard InChI is InChI=1S/C17H21N7OS/c1-13(24-11-18-10-21-24)17(25)22-5-2-14(3-6-22)16-19-4-7-23(16)8-15-9-26-12-20-15/h4,7,9-14H,2-3,5-6,8H2,1H3/t13-/m0/s1. The highest BCUT2D eigenvalue weighted by Crippen LogP contribution is 2.28. The number of carbonyl (C=O) groups is 1. The molecule has 1 aliphatic rings. The average Bonchev–Trinajstić information content (AvgIpc) is 3.43. The van der Waals surface area contributed by atoms with Crippen molar-refractivity contribution in [3.63, 3.8) is 0 Å². The van der Waals surface area contributed by atoms with Crippen molar-refractivity contribution in [3.05, 3.63) is 47.5 Å². The lowest BCUT2D eigenvalue weighted by Gasteiger charge is -2.33. The Morgan fingerprint density at radius 2 is 2.19 bits per heavy atom. The molecule has 0 aliphatic carbocycles. The van der Waals surface area contributed by atoms with Gasteiger partial charge in [-0.2, -0.15) is 5.10 Å². The van der Waals surface area contributed by atoms with Gasteiger partial charge in [0.25, 0.3) is 0 Å². The van der Waals surface area contributed by atoms with Gasteiger partial charge in [0.1, 0.15) is 24.5 Å². The molecule has 3 aromatic rings. The number of piperidine rings is 1. The van der Waals surface area contributed by atoms with Crippen molar-refractivity contribution in [1.82, 2.24) is 34.2 Å². The maximum atomic E-state index is 12.7. The lowest BCUT2D eigenvalue weighted by molar-refractivity contribution is -0.135. The maximum Gasteiger partial charge on any atom is 0.247 e. The summed E-state index contributed by atoms with van der Waals surface area (Å²) in [5.74, 6) is 1.56. The van der Waals surface area contributed by atoms with Crippen LogP contribution in [0, 0.1) is 0 Å². The largest absolute Gasteiger partial charge is 0.341 e. The molecular weight excluding hydrogens is 350 g/mol. The predicted octanol–water partition coefficient (Wildman–Crippen LogP) is 1.95. The molecule has 4 rings (SSSR count). The van der Waals surface area contributed by atoms with Crippen molar-refractivity contribution in [2.45, 2.75) is 38.3 Å². The minimum absolute atomic E-state index is 0.0970. The van der Waals surface area contributed by atoms with Gasteiger partial charge in [0.2, 0.25) is 5.91 Å². The fourth-order valence-corrected chi connectivity index (χ4v) is 4.01. The minimum atomic E-state index is -0.319. The summed E-state index contributed by atoms with van der Waals surface area (Å²) in [4.78, 5) is 27.5. The van der Waals surface area contributed by atoms with E-state index in [1.165, 1.54) is 6.33 Å². The molecule has 0 spiro atoms. The molecule has 1 amide bonds. The molecule has 0 unspecified atom stereocenters. The monoisotopic (exact) mass is 371 g/mol. The van der Waals surface area contributed by atoms with Gasteiger partial charge in [0.15, 0.2) is 0 Å². The molecule has 1 atom stereocenters. The Bertz CT molecular complexity index is 834. The maximum absolute atomic E-state index is 12.7. The third-order valence-corrected chi connectivity index (χ3v) is 5.56. The summed E-state index contributed by atoms with van der Waals surface area (Å²) in [6, 6.07) is -0.319. The van der Waals surface area contributed by atoms with E-state index in [9.17, 15) is 4.79 Å². The zero-order chi connectivity index (χ0) is 17.9. The molecule has 0 radical (unpaired) electrons. The van der Waals surface area contributed by atoms with Gasteiger partial charge < -0.3 is 9.47 Å². The number of aromatic nitrogens is 6. The first-order chi connectivity index (χ1) is 12.7. The van der Waals surface area contributed by atoms with Gasteiger partial charge in [-0.3, -0.25) is 4.79 Å². The van der Waals surface area contributed by atoms with Crippen LogP contribution in [0.15, 0.2) is 35.9 Å². The number of imidazole rings is 1. The second-order valence-corrected chi connectivity index (χ2v) is 7.26. The smallest absolute Gasteiger partial charge is 0.247 e. The van der Waals surface area contributed by atoms with Gasteiger partial charge in [-0.05, 0) is 19.8 Å². The summed E-state index contributed by atoms with van der Waals surface area (Å²) in [7, 11) is 0. The number of likely N-dealkylation sites (tertiary alicyclic amines) is 1. The zero-order valence-corrected chi connectivity index (χ0v) is 15.4. The summed E-state index contributed by atoms with van der Waals surface area (Å²) in [5.41, 5.74) is 2.91. The Balaban J connectivity index is 1.38.